The van der Waals surface area contributed by atoms with Gasteiger partial charge in [-0.3, -0.25) is 9.59 Å². The molecule has 2 amide bonds. The average Bonchev–Trinajstić information content (AvgIpc) is 3.25. The number of nitrogens with zero attached hydrogens (tertiary/aromatic N) is 6. The van der Waals surface area contributed by atoms with Crippen LogP contribution in [0.25, 0.3) is 11.0 Å². The Kier molecular flexibility index (Phi) is 7.44. The van der Waals surface area contributed by atoms with Gasteiger partial charge in [-0.25, -0.2) is 14.6 Å². The highest BCUT2D eigenvalue weighted by Crippen LogP contribution is 2.32. The van der Waals surface area contributed by atoms with Gasteiger partial charge in [0.15, 0.2) is 11.3 Å². The van der Waals surface area contributed by atoms with E-state index in [2.05, 4.69) is 31.5 Å². The molecule has 1 aliphatic heterocycles. The maximum Gasteiger partial charge on any atom is 0.277 e. The van der Waals surface area contributed by atoms with E-state index in [1.807, 2.05) is 19.9 Å². The number of rotatable bonds is 6. The fourth-order valence-corrected chi connectivity index (χ4v) is 4.69. The monoisotopic (exact) mass is 510 g/mol. The second-order valence-electron chi connectivity index (χ2n) is 9.15. The topological polar surface area (TPSA) is 122 Å². The number of aromatic nitrogens is 4. The lowest BCUT2D eigenvalue weighted by atomic mass is 10.0. The Morgan fingerprint density at radius 3 is 2.81 bits per heavy atom. The van der Waals surface area contributed by atoms with E-state index in [1.165, 1.54) is 11.2 Å². The van der Waals surface area contributed by atoms with E-state index in [1.54, 1.807) is 30.9 Å². The van der Waals surface area contributed by atoms with E-state index in [0.717, 1.165) is 37.1 Å². The summed E-state index contributed by atoms with van der Waals surface area (Å²) in [5.74, 6) is -0.300. The highest BCUT2D eigenvalue weighted by molar-refractivity contribution is 6.35. The van der Waals surface area contributed by atoms with E-state index in [-0.39, 0.29) is 29.9 Å². The van der Waals surface area contributed by atoms with Crippen LogP contribution in [0.5, 0.6) is 0 Å². The number of nitrogen functional groups attached to an aromatic ring is 1. The van der Waals surface area contributed by atoms with E-state index in [9.17, 15) is 9.59 Å². The summed E-state index contributed by atoms with van der Waals surface area (Å²) < 4.78 is 1.79. The average molecular weight is 511 g/mol. The minimum atomic E-state index is -0.459. The fourth-order valence-electron chi connectivity index (χ4n) is 4.45. The molecule has 0 saturated carbocycles. The molecule has 0 unspecified atom stereocenters. The number of hydrogen-bond donors (Lipinski definition) is 2. The maximum absolute atomic E-state index is 13.4. The Hall–Kier alpha value is -3.66. The number of anilines is 2. The third kappa shape index (κ3) is 4.99. The number of nitrogens with two attached hydrogens (primary N) is 1. The number of hydrogen-bond acceptors (Lipinski definition) is 7. The van der Waals surface area contributed by atoms with Crippen LogP contribution in [-0.2, 0) is 11.2 Å². The Labute approximate surface area is 215 Å². The Morgan fingerprint density at radius 2 is 2.08 bits per heavy atom. The number of benzene rings is 1. The number of likely N-dealkylation sites (N-methyl/N-ethyl adjacent to an activating group) is 1. The summed E-state index contributed by atoms with van der Waals surface area (Å²) >= 11 is 6.59. The van der Waals surface area contributed by atoms with E-state index >= 15 is 0 Å². The molecule has 1 aromatic carbocycles. The lowest BCUT2D eigenvalue weighted by Gasteiger charge is -2.32. The van der Waals surface area contributed by atoms with Gasteiger partial charge >= 0.3 is 0 Å². The zero-order valence-electron chi connectivity index (χ0n) is 21.0. The zero-order valence-corrected chi connectivity index (χ0v) is 21.7. The van der Waals surface area contributed by atoms with Crippen LogP contribution in [0.3, 0.4) is 0 Å². The minimum Gasteiger partial charge on any atom is -0.383 e. The molecule has 3 heterocycles. The number of carbonyl (C=O) groups is 2. The van der Waals surface area contributed by atoms with E-state index in [4.69, 9.17) is 17.3 Å². The lowest BCUT2D eigenvalue weighted by Crippen LogP contribution is -2.33. The molecule has 1 saturated heterocycles. The third-order valence-electron chi connectivity index (χ3n) is 6.45. The van der Waals surface area contributed by atoms with Crippen LogP contribution >= 0.6 is 11.6 Å². The first kappa shape index (κ1) is 25.4. The number of amides is 2. The van der Waals surface area contributed by atoms with Crippen molar-refractivity contribution in [3.63, 3.8) is 0 Å². The smallest absolute Gasteiger partial charge is 0.277 e. The summed E-state index contributed by atoms with van der Waals surface area (Å²) in [5, 5.41) is 8.32. The number of nitrogens with one attached hydrogen (secondary N) is 1. The van der Waals surface area contributed by atoms with Crippen molar-refractivity contribution in [2.45, 2.75) is 39.2 Å². The Bertz CT molecular complexity index is 1330. The van der Waals surface area contributed by atoms with Crippen molar-refractivity contribution in [2.24, 2.45) is 0 Å². The molecule has 0 radical (unpaired) electrons. The number of carbonyl (C=O) groups excluding carboxylic acids is 2. The molecule has 1 atom stereocenters. The number of allylic oxidation sites excluding steroid dienone is 1. The molecule has 0 spiro atoms. The number of piperidine rings is 1. The van der Waals surface area contributed by atoms with Crippen LogP contribution in [0.15, 0.2) is 30.7 Å². The molecule has 1 fully saturated rings. The molecule has 0 aliphatic carbocycles. The van der Waals surface area contributed by atoms with Gasteiger partial charge in [-0.2, -0.15) is 5.10 Å². The summed E-state index contributed by atoms with van der Waals surface area (Å²) in [6, 6.07) is 3.53. The predicted octanol–water partition coefficient (Wildman–Crippen LogP) is 3.42. The van der Waals surface area contributed by atoms with Gasteiger partial charge in [-0.1, -0.05) is 23.7 Å². The van der Waals surface area contributed by atoms with Gasteiger partial charge in [0.05, 0.1) is 28.6 Å². The normalized spacial score (nSPS) is 16.0. The van der Waals surface area contributed by atoms with E-state index < -0.39 is 5.91 Å². The first-order chi connectivity index (χ1) is 17.2. The molecule has 11 heteroatoms. The molecule has 4 rings (SSSR count). The van der Waals surface area contributed by atoms with Crippen molar-refractivity contribution in [1.82, 2.24) is 29.5 Å². The van der Waals surface area contributed by atoms with Crippen LogP contribution in [0, 0.1) is 6.92 Å². The Balaban J connectivity index is 1.66. The molecule has 3 N–H and O–H groups in total. The van der Waals surface area contributed by atoms with Gasteiger partial charge in [0.25, 0.3) is 5.91 Å². The molecule has 190 valence electrons. The summed E-state index contributed by atoms with van der Waals surface area (Å²) in [7, 11) is 3.41. The summed E-state index contributed by atoms with van der Waals surface area (Å²) in [6.45, 7) is 5.54. The van der Waals surface area contributed by atoms with Gasteiger partial charge in [0.1, 0.15) is 12.1 Å². The summed E-state index contributed by atoms with van der Waals surface area (Å²) in [4.78, 5) is 37.8. The molecule has 1 aliphatic rings. The van der Waals surface area contributed by atoms with Gasteiger partial charge in [0.2, 0.25) is 5.91 Å². The first-order valence-electron chi connectivity index (χ1n) is 11.9. The molecular weight excluding hydrogens is 480 g/mol. The second kappa shape index (κ2) is 10.5. The van der Waals surface area contributed by atoms with Crippen LogP contribution in [0.2, 0.25) is 5.02 Å². The van der Waals surface area contributed by atoms with Crippen molar-refractivity contribution in [3.05, 3.63) is 52.6 Å². The SMILES string of the molecule is CC=CN1CCC[C@@H](n2nc(C(=O)Nc3ccc(CC(=O)N(C)C)c(C)c3Cl)c3c(N)ncnc32)C1. The lowest BCUT2D eigenvalue weighted by molar-refractivity contribution is -0.127. The Morgan fingerprint density at radius 1 is 1.31 bits per heavy atom. The predicted molar refractivity (Wildman–Crippen MR) is 141 cm³/mol. The van der Waals surface area contributed by atoms with Crippen molar-refractivity contribution < 1.29 is 9.59 Å². The highest BCUT2D eigenvalue weighted by Gasteiger charge is 2.28. The highest BCUT2D eigenvalue weighted by atomic mass is 35.5. The largest absolute Gasteiger partial charge is 0.383 e. The van der Waals surface area contributed by atoms with Gasteiger partial charge in [-0.05, 0) is 50.1 Å². The van der Waals surface area contributed by atoms with Gasteiger partial charge in [0, 0.05) is 27.2 Å². The summed E-state index contributed by atoms with van der Waals surface area (Å²) in [5.41, 5.74) is 8.81. The molecule has 3 aromatic rings. The third-order valence-corrected chi connectivity index (χ3v) is 6.94. The quantitative estimate of drug-likeness (QED) is 0.521. The van der Waals surface area contributed by atoms with Crippen molar-refractivity contribution in [1.29, 1.82) is 0 Å². The maximum atomic E-state index is 13.4. The minimum absolute atomic E-state index is 0.0332. The number of likely N-dealkylation sites (tertiary alicyclic amines) is 1. The van der Waals surface area contributed by atoms with Crippen molar-refractivity contribution >= 4 is 46.0 Å². The fraction of sp³-hybridized carbons (Fsp3) is 0.400. The zero-order chi connectivity index (χ0) is 26.0. The van der Waals surface area contributed by atoms with Crippen molar-refractivity contribution in [2.75, 3.05) is 38.2 Å². The number of halogens is 1. The van der Waals surface area contributed by atoms with Crippen LogP contribution in [0.1, 0.15) is 47.4 Å². The molecular formula is C25H31ClN8O2. The summed E-state index contributed by atoms with van der Waals surface area (Å²) in [6.07, 6.45) is 7.59. The van der Waals surface area contributed by atoms with Gasteiger partial charge < -0.3 is 20.9 Å². The van der Waals surface area contributed by atoms with Crippen LogP contribution < -0.4 is 11.1 Å². The van der Waals surface area contributed by atoms with Crippen molar-refractivity contribution in [3.8, 4) is 0 Å². The molecule has 10 nitrogen and oxygen atoms in total. The van der Waals surface area contributed by atoms with Crippen LogP contribution in [0.4, 0.5) is 11.5 Å². The first-order valence-corrected chi connectivity index (χ1v) is 12.2. The van der Waals surface area contributed by atoms with E-state index in [0.29, 0.717) is 21.7 Å². The standard InChI is InChI=1S/C25H31ClN8O2/c1-5-10-33-11-6-7-17(13-33)34-24-20(23(27)28-14-29-24)22(31-34)25(36)30-18-9-8-16(15(2)21(18)26)12-19(35)32(3)4/h5,8-10,14,17H,6-7,11-13H2,1-4H3,(H,30,36)(H2,27,28,29)/t17-/m1/s1. The molecule has 36 heavy (non-hydrogen) atoms. The second-order valence-corrected chi connectivity index (χ2v) is 9.53. The van der Waals surface area contributed by atoms with Crippen LogP contribution in [-0.4, -0.2) is 68.5 Å². The molecule has 2 aromatic heterocycles. The number of fused-ring (bicyclic) bond motifs is 1. The van der Waals surface area contributed by atoms with Gasteiger partial charge in [-0.15, -0.1) is 0 Å². The molecule has 0 bridgehead atoms.